The first-order chi connectivity index (χ1) is 14.7. The zero-order chi connectivity index (χ0) is 20.9. The number of aldehydes is 1. The number of hydrogen-bond acceptors (Lipinski definition) is 5. The lowest BCUT2D eigenvalue weighted by atomic mass is 10.0. The summed E-state index contributed by atoms with van der Waals surface area (Å²) >= 11 is 0. The number of nitrogens with zero attached hydrogens (tertiary/aromatic N) is 1. The molecule has 2 heterocycles. The molecular formula is C24H21NO5. The molecule has 2 aliphatic rings. The lowest BCUT2D eigenvalue weighted by molar-refractivity contribution is -0.166. The number of β-lactam (4-membered cyclic amide) rings is 1. The summed E-state index contributed by atoms with van der Waals surface area (Å²) < 4.78 is 11.2. The van der Waals surface area contributed by atoms with E-state index < -0.39 is 18.2 Å². The van der Waals surface area contributed by atoms with Gasteiger partial charge in [0.15, 0.2) is 12.3 Å². The monoisotopic (exact) mass is 403 g/mol. The first-order valence-electron chi connectivity index (χ1n) is 9.75. The van der Waals surface area contributed by atoms with Gasteiger partial charge in [0.1, 0.15) is 18.7 Å². The summed E-state index contributed by atoms with van der Waals surface area (Å²) in [4.78, 5) is 38.0. The Bertz CT molecular complexity index is 997. The molecule has 6 heteroatoms. The van der Waals surface area contributed by atoms with Gasteiger partial charge in [0.05, 0.1) is 6.42 Å². The molecule has 152 valence electrons. The number of amides is 1. The van der Waals surface area contributed by atoms with Gasteiger partial charge in [-0.2, -0.15) is 0 Å². The van der Waals surface area contributed by atoms with E-state index in [1.165, 1.54) is 4.90 Å². The maximum atomic E-state index is 12.8. The van der Waals surface area contributed by atoms with Crippen molar-refractivity contribution in [1.29, 1.82) is 0 Å². The zero-order valence-corrected chi connectivity index (χ0v) is 16.3. The number of benzene rings is 2. The van der Waals surface area contributed by atoms with E-state index in [2.05, 4.69) is 0 Å². The first kappa shape index (κ1) is 19.6. The van der Waals surface area contributed by atoms with Crippen LogP contribution in [0.4, 0.5) is 0 Å². The third-order valence-electron chi connectivity index (χ3n) is 5.09. The predicted molar refractivity (Wildman–Crippen MR) is 110 cm³/mol. The van der Waals surface area contributed by atoms with E-state index in [-0.39, 0.29) is 31.1 Å². The third-order valence-corrected chi connectivity index (χ3v) is 5.09. The lowest BCUT2D eigenvalue weighted by Crippen LogP contribution is -2.55. The number of carbonyl (C=O) groups is 3. The molecule has 30 heavy (non-hydrogen) atoms. The van der Waals surface area contributed by atoms with Gasteiger partial charge < -0.3 is 9.47 Å². The fourth-order valence-electron chi connectivity index (χ4n) is 3.52. The first-order valence-corrected chi connectivity index (χ1v) is 9.75. The van der Waals surface area contributed by atoms with Gasteiger partial charge in [-0.1, -0.05) is 72.8 Å². The molecule has 0 bridgehead atoms. The second kappa shape index (κ2) is 8.78. The van der Waals surface area contributed by atoms with Gasteiger partial charge in [-0.15, -0.1) is 0 Å². The van der Waals surface area contributed by atoms with Crippen LogP contribution in [-0.2, 0) is 30.5 Å². The Labute approximate surface area is 174 Å². The number of rotatable bonds is 7. The van der Waals surface area contributed by atoms with E-state index in [0.717, 1.165) is 11.1 Å². The molecule has 4 rings (SSSR count). The molecular weight excluding hydrogens is 382 g/mol. The molecule has 2 aromatic rings. The summed E-state index contributed by atoms with van der Waals surface area (Å²) in [5.41, 5.74) is 2.16. The summed E-state index contributed by atoms with van der Waals surface area (Å²) in [5.74, 6) is -0.589. The van der Waals surface area contributed by atoms with Crippen LogP contribution in [0, 0.1) is 0 Å². The zero-order valence-electron chi connectivity index (χ0n) is 16.3. The van der Waals surface area contributed by atoms with Crippen molar-refractivity contribution in [2.45, 2.75) is 31.7 Å². The van der Waals surface area contributed by atoms with Crippen LogP contribution in [0.3, 0.4) is 0 Å². The van der Waals surface area contributed by atoms with Crippen molar-refractivity contribution in [1.82, 2.24) is 4.90 Å². The molecule has 6 nitrogen and oxygen atoms in total. The standard InChI is InChI=1S/C24H21NO5/c26-15-19(13-7-12-17-8-3-1-4-9-17)23-22(25-20(27)14-21(25)30-23)24(28)29-16-18-10-5-2-6-11-18/h1-12,15,21-22H,13-14,16H2/b12-7+,23-19?/t21-,22?/m1/s1. The Hall–Kier alpha value is -3.67. The van der Waals surface area contributed by atoms with Gasteiger partial charge in [0, 0.05) is 5.57 Å². The molecule has 0 aliphatic carbocycles. The molecule has 0 radical (unpaired) electrons. The highest BCUT2D eigenvalue weighted by Gasteiger charge is 2.55. The minimum absolute atomic E-state index is 0.0838. The van der Waals surface area contributed by atoms with E-state index >= 15 is 0 Å². The minimum atomic E-state index is -1.02. The van der Waals surface area contributed by atoms with E-state index in [4.69, 9.17) is 9.47 Å². The normalized spacial score (nSPS) is 21.6. The minimum Gasteiger partial charge on any atom is -0.471 e. The smallest absolute Gasteiger partial charge is 0.337 e. The second-order valence-corrected chi connectivity index (χ2v) is 7.10. The summed E-state index contributed by atoms with van der Waals surface area (Å²) in [6.45, 7) is 0.0838. The van der Waals surface area contributed by atoms with Crippen LogP contribution >= 0.6 is 0 Å². The fraction of sp³-hybridized carbons (Fsp3) is 0.208. The quantitative estimate of drug-likeness (QED) is 0.307. The highest BCUT2D eigenvalue weighted by molar-refractivity contribution is 5.93. The average molecular weight is 403 g/mol. The second-order valence-electron chi connectivity index (χ2n) is 7.10. The summed E-state index contributed by atoms with van der Waals surface area (Å²) in [7, 11) is 0. The molecule has 2 saturated heterocycles. The number of carbonyl (C=O) groups excluding carboxylic acids is 3. The van der Waals surface area contributed by atoms with Crippen molar-refractivity contribution in [3.05, 3.63) is 89.2 Å². The van der Waals surface area contributed by atoms with Crippen molar-refractivity contribution >= 4 is 24.2 Å². The molecule has 0 aromatic heterocycles. The molecule has 2 atom stereocenters. The summed E-state index contributed by atoms with van der Waals surface area (Å²) in [5, 5.41) is 0. The van der Waals surface area contributed by atoms with Gasteiger partial charge >= 0.3 is 5.97 Å². The van der Waals surface area contributed by atoms with Gasteiger partial charge in [0.2, 0.25) is 5.91 Å². The van der Waals surface area contributed by atoms with Crippen molar-refractivity contribution in [2.24, 2.45) is 0 Å². The number of allylic oxidation sites excluding steroid dienone is 2. The molecule has 0 saturated carbocycles. The average Bonchev–Trinajstić information content (AvgIpc) is 3.09. The molecule has 0 N–H and O–H groups in total. The number of ether oxygens (including phenoxy) is 2. The van der Waals surface area contributed by atoms with Crippen molar-refractivity contribution in [3.63, 3.8) is 0 Å². The molecule has 2 fully saturated rings. The maximum Gasteiger partial charge on any atom is 0.337 e. The van der Waals surface area contributed by atoms with Crippen molar-refractivity contribution < 1.29 is 23.9 Å². The van der Waals surface area contributed by atoms with Crippen LogP contribution in [0.1, 0.15) is 24.0 Å². The molecule has 1 unspecified atom stereocenters. The molecule has 0 spiro atoms. The van der Waals surface area contributed by atoms with Crippen LogP contribution in [0.15, 0.2) is 78.1 Å². The number of hydrogen-bond donors (Lipinski definition) is 0. The topological polar surface area (TPSA) is 72.9 Å². The van der Waals surface area contributed by atoms with Crippen molar-refractivity contribution in [2.75, 3.05) is 0 Å². The Morgan fingerprint density at radius 2 is 1.80 bits per heavy atom. The highest BCUT2D eigenvalue weighted by atomic mass is 16.6. The van der Waals surface area contributed by atoms with E-state index in [1.54, 1.807) is 0 Å². The summed E-state index contributed by atoms with van der Waals surface area (Å²) in [6.07, 6.45) is 4.36. The molecule has 2 aliphatic heterocycles. The largest absolute Gasteiger partial charge is 0.471 e. The number of fused-ring (bicyclic) bond motifs is 1. The van der Waals surface area contributed by atoms with E-state index in [9.17, 15) is 14.4 Å². The predicted octanol–water partition coefficient (Wildman–Crippen LogP) is 3.24. The highest BCUT2D eigenvalue weighted by Crippen LogP contribution is 2.38. The molecule has 1 amide bonds. The Morgan fingerprint density at radius 1 is 1.10 bits per heavy atom. The van der Waals surface area contributed by atoms with E-state index in [1.807, 2.05) is 72.8 Å². The van der Waals surface area contributed by atoms with Gasteiger partial charge in [-0.3, -0.25) is 14.5 Å². The van der Waals surface area contributed by atoms with Crippen molar-refractivity contribution in [3.8, 4) is 0 Å². The van der Waals surface area contributed by atoms with Crippen LogP contribution < -0.4 is 0 Å². The third kappa shape index (κ3) is 4.03. The SMILES string of the molecule is O=CC(C/C=C/c1ccccc1)=C1O[C@@H]2CC(=O)N2C1C(=O)OCc1ccccc1. The van der Waals surface area contributed by atoms with Crippen LogP contribution in [0.5, 0.6) is 0 Å². The Kier molecular flexibility index (Phi) is 5.75. The van der Waals surface area contributed by atoms with Gasteiger partial charge in [-0.05, 0) is 17.5 Å². The Morgan fingerprint density at radius 3 is 2.47 bits per heavy atom. The van der Waals surface area contributed by atoms with Gasteiger partial charge in [0.25, 0.3) is 0 Å². The number of esters is 1. The molecule has 2 aromatic carbocycles. The maximum absolute atomic E-state index is 12.8. The Balaban J connectivity index is 1.52. The lowest BCUT2D eigenvalue weighted by Gasteiger charge is -2.33. The van der Waals surface area contributed by atoms with Crippen LogP contribution in [0.2, 0.25) is 0 Å². The summed E-state index contributed by atoms with van der Waals surface area (Å²) in [6, 6.07) is 17.9. The van der Waals surface area contributed by atoms with E-state index in [0.29, 0.717) is 11.9 Å². The van der Waals surface area contributed by atoms with Gasteiger partial charge in [-0.25, -0.2) is 4.79 Å². The van der Waals surface area contributed by atoms with Crippen LogP contribution in [-0.4, -0.2) is 35.3 Å². The van der Waals surface area contributed by atoms with Crippen LogP contribution in [0.25, 0.3) is 6.08 Å². The fourth-order valence-corrected chi connectivity index (χ4v) is 3.52.